The molecule has 0 saturated heterocycles. The second-order valence-corrected chi connectivity index (χ2v) is 7.44. The zero-order valence-electron chi connectivity index (χ0n) is 14.3. The van der Waals surface area contributed by atoms with E-state index in [-0.39, 0.29) is 17.2 Å². The van der Waals surface area contributed by atoms with Crippen molar-refractivity contribution in [1.82, 2.24) is 5.32 Å². The number of aryl methyl sites for hydroxylation is 1. The van der Waals surface area contributed by atoms with E-state index in [9.17, 15) is 9.59 Å². The van der Waals surface area contributed by atoms with Crippen LogP contribution in [-0.2, 0) is 11.2 Å². The van der Waals surface area contributed by atoms with Gasteiger partial charge in [-0.05, 0) is 64.3 Å². The van der Waals surface area contributed by atoms with Crippen LogP contribution in [0.25, 0.3) is 0 Å². The van der Waals surface area contributed by atoms with Crippen molar-refractivity contribution in [2.45, 2.75) is 52.5 Å². The Balaban J connectivity index is 1.92. The van der Waals surface area contributed by atoms with Gasteiger partial charge in [0, 0.05) is 41.0 Å². The lowest BCUT2D eigenvalue weighted by Crippen LogP contribution is -2.40. The maximum Gasteiger partial charge on any atom is 0.251 e. The quantitative estimate of drug-likeness (QED) is 0.866. The number of hydrogen-bond acceptors (Lipinski definition) is 3. The van der Waals surface area contributed by atoms with E-state index in [2.05, 4.69) is 10.2 Å². The van der Waals surface area contributed by atoms with Crippen molar-refractivity contribution >= 4 is 17.4 Å². The highest BCUT2D eigenvalue weighted by Crippen LogP contribution is 2.37. The number of amides is 1. The molecule has 0 aromatic heterocycles. The van der Waals surface area contributed by atoms with E-state index in [1.807, 2.05) is 45.9 Å². The molecular weight excluding hydrogens is 288 g/mol. The summed E-state index contributed by atoms with van der Waals surface area (Å²) in [6.07, 6.45) is 2.32. The van der Waals surface area contributed by atoms with Gasteiger partial charge in [0.25, 0.3) is 5.91 Å². The number of hydrogen-bond donors (Lipinski definition) is 1. The van der Waals surface area contributed by atoms with Crippen molar-refractivity contribution in [2.24, 2.45) is 0 Å². The number of nitrogens with zero attached hydrogens (tertiary/aromatic N) is 1. The van der Waals surface area contributed by atoms with Crippen LogP contribution in [0.1, 0.15) is 56.5 Å². The van der Waals surface area contributed by atoms with Crippen molar-refractivity contribution in [1.29, 1.82) is 0 Å². The second-order valence-electron chi connectivity index (χ2n) is 7.44. The first-order valence-corrected chi connectivity index (χ1v) is 8.22. The summed E-state index contributed by atoms with van der Waals surface area (Å²) in [5, 5.41) is 3.00. The normalized spacial score (nSPS) is 17.7. The molecule has 122 valence electrons. The van der Waals surface area contributed by atoms with Crippen LogP contribution in [-0.4, -0.2) is 23.8 Å². The summed E-state index contributed by atoms with van der Waals surface area (Å²) in [7, 11) is 0. The fourth-order valence-electron chi connectivity index (χ4n) is 3.34. The van der Waals surface area contributed by atoms with Gasteiger partial charge in [0.15, 0.2) is 5.78 Å². The first kappa shape index (κ1) is 15.8. The minimum Gasteiger partial charge on any atom is -0.347 e. The number of allylic oxidation sites excluding steroid dienone is 2. The highest BCUT2D eigenvalue weighted by atomic mass is 16.1. The van der Waals surface area contributed by atoms with Gasteiger partial charge in [-0.1, -0.05) is 0 Å². The number of Topliss-reactive ketones (excluding diaryl/α,β-unsaturated/α-hetero) is 1. The molecule has 0 unspecified atom stereocenters. The highest BCUT2D eigenvalue weighted by Gasteiger charge is 2.29. The molecule has 0 aliphatic carbocycles. The third-order valence-corrected chi connectivity index (χ3v) is 4.49. The number of anilines is 1. The van der Waals surface area contributed by atoms with Gasteiger partial charge in [-0.3, -0.25) is 9.59 Å². The fraction of sp³-hybridized carbons (Fsp3) is 0.474. The van der Waals surface area contributed by atoms with E-state index < -0.39 is 0 Å². The van der Waals surface area contributed by atoms with Gasteiger partial charge in [0.1, 0.15) is 0 Å². The minimum atomic E-state index is -0.243. The summed E-state index contributed by atoms with van der Waals surface area (Å²) in [5.74, 6) is 0.229. The van der Waals surface area contributed by atoms with E-state index >= 15 is 0 Å². The average molecular weight is 312 g/mol. The van der Waals surface area contributed by atoms with Crippen LogP contribution in [0.3, 0.4) is 0 Å². The Hall–Kier alpha value is -2.10. The van der Waals surface area contributed by atoms with Crippen LogP contribution in [0.15, 0.2) is 29.5 Å². The maximum absolute atomic E-state index is 12.3. The second kappa shape index (κ2) is 5.52. The first-order valence-electron chi connectivity index (χ1n) is 8.22. The molecule has 0 bridgehead atoms. The number of nitrogens with one attached hydrogen (secondary N) is 1. The summed E-state index contributed by atoms with van der Waals surface area (Å²) in [4.78, 5) is 26.5. The van der Waals surface area contributed by atoms with Gasteiger partial charge in [-0.15, -0.1) is 0 Å². The number of carbonyl (C=O) groups is 2. The molecule has 1 aromatic rings. The molecule has 2 heterocycles. The first-order chi connectivity index (χ1) is 10.8. The Bertz CT molecular complexity index is 711. The molecule has 0 radical (unpaired) electrons. The molecule has 3 rings (SSSR count). The Labute approximate surface area is 137 Å². The zero-order valence-corrected chi connectivity index (χ0v) is 14.3. The van der Waals surface area contributed by atoms with Gasteiger partial charge < -0.3 is 10.2 Å². The highest BCUT2D eigenvalue weighted by molar-refractivity contribution is 5.99. The van der Waals surface area contributed by atoms with Gasteiger partial charge in [0.05, 0.1) is 0 Å². The van der Waals surface area contributed by atoms with Crippen LogP contribution in [0.5, 0.6) is 0 Å². The predicted molar refractivity (Wildman–Crippen MR) is 91.7 cm³/mol. The number of carbonyl (C=O) groups excluding carboxylic acids is 2. The molecule has 4 heteroatoms. The van der Waals surface area contributed by atoms with Gasteiger partial charge in [-0.25, -0.2) is 0 Å². The lowest BCUT2D eigenvalue weighted by molar-refractivity contribution is -0.115. The number of benzene rings is 1. The van der Waals surface area contributed by atoms with E-state index in [0.29, 0.717) is 12.0 Å². The Morgan fingerprint density at radius 2 is 1.91 bits per heavy atom. The van der Waals surface area contributed by atoms with E-state index in [0.717, 1.165) is 36.3 Å². The summed E-state index contributed by atoms with van der Waals surface area (Å²) in [6.45, 7) is 8.61. The molecule has 23 heavy (non-hydrogen) atoms. The third-order valence-electron chi connectivity index (χ3n) is 4.49. The van der Waals surface area contributed by atoms with Crippen LogP contribution in [0, 0.1) is 0 Å². The molecule has 1 amide bonds. The largest absolute Gasteiger partial charge is 0.347 e. The summed E-state index contributed by atoms with van der Waals surface area (Å²) >= 11 is 0. The summed E-state index contributed by atoms with van der Waals surface area (Å²) in [6, 6.07) is 5.91. The molecule has 4 nitrogen and oxygen atoms in total. The average Bonchev–Trinajstić information content (AvgIpc) is 2.48. The number of rotatable bonds is 1. The lowest BCUT2D eigenvalue weighted by Gasteiger charge is -2.37. The predicted octanol–water partition coefficient (Wildman–Crippen LogP) is 3.21. The van der Waals surface area contributed by atoms with E-state index in [1.165, 1.54) is 5.56 Å². The maximum atomic E-state index is 12.3. The topological polar surface area (TPSA) is 49.4 Å². The van der Waals surface area contributed by atoms with Crippen molar-refractivity contribution in [3.8, 4) is 0 Å². The zero-order chi connectivity index (χ0) is 16.8. The molecule has 2 aliphatic rings. The van der Waals surface area contributed by atoms with Crippen LogP contribution in [0.4, 0.5) is 5.69 Å². The molecule has 0 saturated carbocycles. The lowest BCUT2D eigenvalue weighted by atomic mass is 9.90. The standard InChI is InChI=1S/C19H24N2O2/c1-12-15-7-5-13-11-14(18(23)20-19(2,3)4)6-8-16(13)21(15)10-9-17(12)22/h6,8,11H,5,7,9-10H2,1-4H3,(H,20,23). The van der Waals surface area contributed by atoms with Gasteiger partial charge >= 0.3 is 0 Å². The Morgan fingerprint density at radius 3 is 2.61 bits per heavy atom. The molecule has 0 spiro atoms. The van der Waals surface area contributed by atoms with Crippen LogP contribution < -0.4 is 10.2 Å². The number of ketones is 1. The third kappa shape index (κ3) is 3.03. The van der Waals surface area contributed by atoms with Crippen molar-refractivity contribution in [3.63, 3.8) is 0 Å². The monoisotopic (exact) mass is 312 g/mol. The summed E-state index contributed by atoms with van der Waals surface area (Å²) < 4.78 is 0. The molecule has 0 atom stereocenters. The molecule has 0 fully saturated rings. The molecule has 1 aromatic carbocycles. The molecule has 2 aliphatic heterocycles. The van der Waals surface area contributed by atoms with Crippen molar-refractivity contribution in [2.75, 3.05) is 11.4 Å². The summed E-state index contributed by atoms with van der Waals surface area (Å²) in [5.41, 5.74) is 4.85. The SMILES string of the molecule is CC1=C2CCc3cc(C(=O)NC(C)(C)C)ccc3N2CCC1=O. The van der Waals surface area contributed by atoms with Crippen molar-refractivity contribution in [3.05, 3.63) is 40.6 Å². The smallest absolute Gasteiger partial charge is 0.251 e. The van der Waals surface area contributed by atoms with Crippen LogP contribution >= 0.6 is 0 Å². The fourth-order valence-corrected chi connectivity index (χ4v) is 3.34. The molecule has 1 N–H and O–H groups in total. The van der Waals surface area contributed by atoms with Crippen LogP contribution in [0.2, 0.25) is 0 Å². The minimum absolute atomic E-state index is 0.0355. The van der Waals surface area contributed by atoms with Gasteiger partial charge in [0.2, 0.25) is 0 Å². The van der Waals surface area contributed by atoms with E-state index in [1.54, 1.807) is 0 Å². The molecular formula is C19H24N2O2. The van der Waals surface area contributed by atoms with Crippen molar-refractivity contribution < 1.29 is 9.59 Å². The van der Waals surface area contributed by atoms with Gasteiger partial charge in [-0.2, -0.15) is 0 Å². The van der Waals surface area contributed by atoms with E-state index in [4.69, 9.17) is 0 Å². The Morgan fingerprint density at radius 1 is 1.17 bits per heavy atom. The number of fused-ring (bicyclic) bond motifs is 3. The Kier molecular flexibility index (Phi) is 3.78.